The van der Waals surface area contributed by atoms with Gasteiger partial charge in [-0.1, -0.05) is 47.5 Å². The average molecular weight is 536 g/mol. The predicted molar refractivity (Wildman–Crippen MR) is 141 cm³/mol. The highest BCUT2D eigenvalue weighted by Gasteiger charge is 2.17. The van der Waals surface area contributed by atoms with Crippen molar-refractivity contribution in [3.63, 3.8) is 0 Å². The Balaban J connectivity index is 1.61. The Morgan fingerprint density at radius 2 is 1.57 bits per heavy atom. The summed E-state index contributed by atoms with van der Waals surface area (Å²) in [5.74, 6) is 0. The average Bonchev–Trinajstić information content (AvgIpc) is 2.76. The number of rotatable bonds is 8. The number of aliphatic hydroxyl groups is 1. The van der Waals surface area contributed by atoms with Crippen LogP contribution in [0.3, 0.4) is 0 Å². The SMILES string of the molecule is CC(NC(=O)Nc1ccc(S(=O)(=O)Nc2ccc(CC(C)(C)O)cc2)cc1)c1cccc(Cl)c1Cl. The van der Waals surface area contributed by atoms with Gasteiger partial charge < -0.3 is 15.7 Å². The number of urea groups is 1. The van der Waals surface area contributed by atoms with Gasteiger partial charge in [-0.3, -0.25) is 4.72 Å². The number of anilines is 2. The molecule has 186 valence electrons. The molecule has 35 heavy (non-hydrogen) atoms. The van der Waals surface area contributed by atoms with Crippen LogP contribution in [0.25, 0.3) is 0 Å². The zero-order chi connectivity index (χ0) is 25.8. The predicted octanol–water partition coefficient (Wildman–Crippen LogP) is 5.99. The maximum atomic E-state index is 12.7. The van der Waals surface area contributed by atoms with E-state index in [2.05, 4.69) is 15.4 Å². The van der Waals surface area contributed by atoms with E-state index in [0.717, 1.165) is 5.56 Å². The Hall–Kier alpha value is -2.78. The van der Waals surface area contributed by atoms with Gasteiger partial charge in [0, 0.05) is 17.8 Å². The lowest BCUT2D eigenvalue weighted by atomic mass is 9.99. The molecule has 0 radical (unpaired) electrons. The van der Waals surface area contributed by atoms with E-state index in [9.17, 15) is 18.3 Å². The first-order valence-electron chi connectivity index (χ1n) is 10.8. The van der Waals surface area contributed by atoms with Gasteiger partial charge in [-0.05, 0) is 74.4 Å². The lowest BCUT2D eigenvalue weighted by molar-refractivity contribution is 0.0810. The van der Waals surface area contributed by atoms with Gasteiger partial charge in [-0.25, -0.2) is 13.2 Å². The number of hydrogen-bond donors (Lipinski definition) is 4. The molecule has 0 saturated heterocycles. The molecule has 0 saturated carbocycles. The summed E-state index contributed by atoms with van der Waals surface area (Å²) in [7, 11) is -3.83. The fourth-order valence-corrected chi connectivity index (χ4v) is 4.95. The summed E-state index contributed by atoms with van der Waals surface area (Å²) in [6.45, 7) is 5.19. The number of halogens is 2. The molecule has 1 unspecified atom stereocenters. The summed E-state index contributed by atoms with van der Waals surface area (Å²) < 4.78 is 28.0. The van der Waals surface area contributed by atoms with Crippen LogP contribution in [0.1, 0.15) is 37.9 Å². The highest BCUT2D eigenvalue weighted by Crippen LogP contribution is 2.29. The van der Waals surface area contributed by atoms with Gasteiger partial charge in [0.05, 0.1) is 26.6 Å². The summed E-state index contributed by atoms with van der Waals surface area (Å²) in [6, 6.07) is 16.9. The smallest absolute Gasteiger partial charge is 0.319 e. The minimum absolute atomic E-state index is 0.0445. The third kappa shape index (κ3) is 7.60. The monoisotopic (exact) mass is 535 g/mol. The largest absolute Gasteiger partial charge is 0.390 e. The van der Waals surface area contributed by atoms with Crippen molar-refractivity contribution in [1.82, 2.24) is 5.32 Å². The molecular formula is C25H27Cl2N3O4S. The normalized spacial score (nSPS) is 12.6. The molecule has 0 aliphatic heterocycles. The molecule has 3 aromatic carbocycles. The Kier molecular flexibility index (Phi) is 8.33. The summed E-state index contributed by atoms with van der Waals surface area (Å²) in [4.78, 5) is 12.4. The van der Waals surface area contributed by atoms with Crippen LogP contribution in [0.5, 0.6) is 0 Å². The maximum Gasteiger partial charge on any atom is 0.319 e. The van der Waals surface area contributed by atoms with Crippen molar-refractivity contribution < 1.29 is 18.3 Å². The summed E-state index contributed by atoms with van der Waals surface area (Å²) in [5.41, 5.74) is 1.53. The quantitative estimate of drug-likeness (QED) is 0.284. The van der Waals surface area contributed by atoms with Crippen LogP contribution in [-0.4, -0.2) is 25.2 Å². The van der Waals surface area contributed by atoms with Crippen LogP contribution in [-0.2, 0) is 16.4 Å². The van der Waals surface area contributed by atoms with E-state index in [-0.39, 0.29) is 4.90 Å². The van der Waals surface area contributed by atoms with Gasteiger partial charge in [-0.2, -0.15) is 0 Å². The van der Waals surface area contributed by atoms with E-state index >= 15 is 0 Å². The van der Waals surface area contributed by atoms with Crippen molar-refractivity contribution >= 4 is 50.6 Å². The lowest BCUT2D eigenvalue weighted by Gasteiger charge is -2.17. The van der Waals surface area contributed by atoms with Gasteiger partial charge >= 0.3 is 6.03 Å². The van der Waals surface area contributed by atoms with Gasteiger partial charge in [0.25, 0.3) is 10.0 Å². The molecule has 3 rings (SSSR count). The lowest BCUT2D eigenvalue weighted by Crippen LogP contribution is -2.31. The Morgan fingerprint density at radius 1 is 0.971 bits per heavy atom. The summed E-state index contributed by atoms with van der Waals surface area (Å²) in [6.07, 6.45) is 0.451. The second-order valence-corrected chi connectivity index (χ2v) is 11.2. The molecule has 0 fully saturated rings. The number of amides is 2. The number of carbonyl (C=O) groups is 1. The standard InChI is InChI=1S/C25H27Cl2N3O4S/c1-16(21-5-4-6-22(26)23(21)27)28-24(31)29-18-11-13-20(14-12-18)35(33,34)30-19-9-7-17(8-10-19)15-25(2,3)32/h4-14,16,30,32H,15H2,1-3H3,(H2,28,29,31). The van der Waals surface area contributed by atoms with E-state index in [0.29, 0.717) is 33.4 Å². The fraction of sp³-hybridized carbons (Fsp3) is 0.240. The van der Waals surface area contributed by atoms with Crippen molar-refractivity contribution in [2.75, 3.05) is 10.0 Å². The molecule has 0 spiro atoms. The number of carbonyl (C=O) groups excluding carboxylic acids is 1. The Labute approximate surface area is 215 Å². The molecule has 2 amide bonds. The topological polar surface area (TPSA) is 108 Å². The van der Waals surface area contributed by atoms with Gasteiger partial charge in [0.2, 0.25) is 0 Å². The third-order valence-electron chi connectivity index (χ3n) is 5.06. The van der Waals surface area contributed by atoms with E-state index in [1.165, 1.54) is 24.3 Å². The molecule has 1 atom stereocenters. The Morgan fingerprint density at radius 3 is 2.17 bits per heavy atom. The minimum atomic E-state index is -3.83. The summed E-state index contributed by atoms with van der Waals surface area (Å²) >= 11 is 12.2. The van der Waals surface area contributed by atoms with Gasteiger partial charge in [0.1, 0.15) is 0 Å². The van der Waals surface area contributed by atoms with Crippen molar-refractivity contribution in [2.24, 2.45) is 0 Å². The van der Waals surface area contributed by atoms with Crippen molar-refractivity contribution in [1.29, 1.82) is 0 Å². The van der Waals surface area contributed by atoms with Crippen LogP contribution < -0.4 is 15.4 Å². The van der Waals surface area contributed by atoms with Crippen LogP contribution in [0.2, 0.25) is 10.0 Å². The first kappa shape index (κ1) is 26.8. The second kappa shape index (κ2) is 10.9. The molecule has 0 bridgehead atoms. The molecule has 3 aromatic rings. The molecular weight excluding hydrogens is 509 g/mol. The molecule has 7 nitrogen and oxygen atoms in total. The van der Waals surface area contributed by atoms with Crippen LogP contribution >= 0.6 is 23.2 Å². The maximum absolute atomic E-state index is 12.7. The van der Waals surface area contributed by atoms with Crippen molar-refractivity contribution in [2.45, 2.75) is 43.7 Å². The van der Waals surface area contributed by atoms with Gasteiger partial charge in [0.15, 0.2) is 0 Å². The zero-order valence-electron chi connectivity index (χ0n) is 19.5. The molecule has 0 aliphatic carbocycles. The highest BCUT2D eigenvalue weighted by atomic mass is 35.5. The minimum Gasteiger partial charge on any atom is -0.390 e. The fourth-order valence-electron chi connectivity index (χ4n) is 3.42. The third-order valence-corrected chi connectivity index (χ3v) is 7.29. The van der Waals surface area contributed by atoms with Crippen molar-refractivity contribution in [3.8, 4) is 0 Å². The Bertz CT molecular complexity index is 1290. The van der Waals surface area contributed by atoms with E-state index in [4.69, 9.17) is 23.2 Å². The first-order valence-corrected chi connectivity index (χ1v) is 13.0. The molecule has 0 heterocycles. The molecule has 0 aliphatic rings. The summed E-state index contributed by atoms with van der Waals surface area (Å²) in [5, 5.41) is 16.1. The van der Waals surface area contributed by atoms with Crippen molar-refractivity contribution in [3.05, 3.63) is 87.9 Å². The van der Waals surface area contributed by atoms with Crippen LogP contribution in [0, 0.1) is 0 Å². The number of nitrogens with one attached hydrogen (secondary N) is 3. The second-order valence-electron chi connectivity index (χ2n) is 8.78. The molecule has 10 heteroatoms. The highest BCUT2D eigenvalue weighted by molar-refractivity contribution is 7.92. The van der Waals surface area contributed by atoms with E-state index in [1.807, 2.05) is 0 Å². The first-order chi connectivity index (χ1) is 16.3. The number of hydrogen-bond acceptors (Lipinski definition) is 4. The van der Waals surface area contributed by atoms with Gasteiger partial charge in [-0.15, -0.1) is 0 Å². The van der Waals surface area contributed by atoms with Crippen LogP contribution in [0.4, 0.5) is 16.2 Å². The molecule has 0 aromatic heterocycles. The zero-order valence-corrected chi connectivity index (χ0v) is 21.8. The molecule has 4 N–H and O–H groups in total. The number of benzene rings is 3. The van der Waals surface area contributed by atoms with E-state index < -0.39 is 27.7 Å². The van der Waals surface area contributed by atoms with E-state index in [1.54, 1.807) is 63.2 Å². The number of sulfonamides is 1. The van der Waals surface area contributed by atoms with Crippen LogP contribution in [0.15, 0.2) is 71.6 Å².